The van der Waals surface area contributed by atoms with E-state index >= 15 is 0 Å². The van der Waals surface area contributed by atoms with Gasteiger partial charge < -0.3 is 4.74 Å². The average Bonchev–Trinajstić information content (AvgIpc) is 2.68. The number of sulfonamides is 1. The summed E-state index contributed by atoms with van der Waals surface area (Å²) in [5.41, 5.74) is 3.28. The lowest BCUT2D eigenvalue weighted by atomic mass is 9.87. The fourth-order valence-corrected chi connectivity index (χ4v) is 4.19. The molecule has 0 bridgehead atoms. The Kier molecular flexibility index (Phi) is 6.55. The number of hydrogen-bond acceptors (Lipinski definition) is 4. The maximum absolute atomic E-state index is 12.6. The van der Waals surface area contributed by atoms with Gasteiger partial charge in [0.1, 0.15) is 0 Å². The topological polar surface area (TPSA) is 58.6 Å². The molecule has 0 atom stereocenters. The largest absolute Gasteiger partial charge is 0.379 e. The van der Waals surface area contributed by atoms with Crippen LogP contribution in [0, 0.1) is 0 Å². The quantitative estimate of drug-likeness (QED) is 0.806. The van der Waals surface area contributed by atoms with Crippen molar-refractivity contribution in [2.75, 3.05) is 26.3 Å². The van der Waals surface area contributed by atoms with Crippen molar-refractivity contribution in [1.82, 2.24) is 9.62 Å². The second-order valence-corrected chi connectivity index (χ2v) is 10.1. The number of nitrogens with one attached hydrogen (secondary N) is 1. The maximum atomic E-state index is 12.6. The van der Waals surface area contributed by atoms with E-state index in [4.69, 9.17) is 4.74 Å². The predicted molar refractivity (Wildman–Crippen MR) is 112 cm³/mol. The molecule has 0 saturated carbocycles. The fraction of sp³-hybridized carbons (Fsp3) is 0.455. The average molecular weight is 403 g/mol. The molecule has 0 spiro atoms. The molecule has 5 nitrogen and oxygen atoms in total. The van der Waals surface area contributed by atoms with E-state index in [1.165, 1.54) is 5.56 Å². The van der Waals surface area contributed by atoms with Crippen molar-refractivity contribution in [3.63, 3.8) is 0 Å². The Balaban J connectivity index is 1.58. The molecule has 1 aliphatic heterocycles. The summed E-state index contributed by atoms with van der Waals surface area (Å²) in [5, 5.41) is 0. The van der Waals surface area contributed by atoms with Gasteiger partial charge in [-0.3, -0.25) is 4.90 Å². The van der Waals surface area contributed by atoms with Gasteiger partial charge in [0.05, 0.1) is 18.1 Å². The van der Waals surface area contributed by atoms with Gasteiger partial charge in [-0.1, -0.05) is 57.2 Å². The standard InChI is InChI=1S/C22H30N2O3S/c1-22(2,3)20-8-10-21(11-9-20)28(25,26)23-16-18-4-6-19(7-5-18)17-24-12-14-27-15-13-24/h4-11,23H,12-17H2,1-3H3. The van der Waals surface area contributed by atoms with Crippen LogP contribution in [-0.2, 0) is 33.3 Å². The zero-order valence-corrected chi connectivity index (χ0v) is 17.8. The normalized spacial score (nSPS) is 16.2. The Morgan fingerprint density at radius 3 is 2.07 bits per heavy atom. The third kappa shape index (κ3) is 5.64. The Labute approximate surface area is 168 Å². The second kappa shape index (κ2) is 8.74. The summed E-state index contributed by atoms with van der Waals surface area (Å²) in [6, 6.07) is 15.2. The minimum atomic E-state index is -3.53. The Morgan fingerprint density at radius 2 is 1.50 bits per heavy atom. The van der Waals surface area contributed by atoms with Gasteiger partial charge in [-0.2, -0.15) is 0 Å². The molecular formula is C22H30N2O3S. The zero-order valence-electron chi connectivity index (χ0n) is 16.9. The molecule has 1 N–H and O–H groups in total. The molecule has 0 amide bonds. The molecule has 2 aromatic rings. The van der Waals surface area contributed by atoms with Gasteiger partial charge in [-0.15, -0.1) is 0 Å². The smallest absolute Gasteiger partial charge is 0.240 e. The van der Waals surface area contributed by atoms with Crippen molar-refractivity contribution in [2.45, 2.75) is 44.2 Å². The molecule has 1 aliphatic rings. The van der Waals surface area contributed by atoms with Crippen LogP contribution in [0.2, 0.25) is 0 Å². The van der Waals surface area contributed by atoms with Gasteiger partial charge >= 0.3 is 0 Å². The number of morpholine rings is 1. The first-order chi connectivity index (χ1) is 13.2. The van der Waals surface area contributed by atoms with Crippen LogP contribution in [0.1, 0.15) is 37.5 Å². The highest BCUT2D eigenvalue weighted by Gasteiger charge is 2.17. The third-order valence-corrected chi connectivity index (χ3v) is 6.45. The molecule has 1 fully saturated rings. The first kappa shape index (κ1) is 21.0. The van der Waals surface area contributed by atoms with E-state index in [0.29, 0.717) is 4.90 Å². The van der Waals surface area contributed by atoms with Gasteiger partial charge in [0, 0.05) is 26.2 Å². The summed E-state index contributed by atoms with van der Waals surface area (Å²) in [6.07, 6.45) is 0. The van der Waals surface area contributed by atoms with E-state index in [1.807, 2.05) is 24.3 Å². The maximum Gasteiger partial charge on any atom is 0.240 e. The SMILES string of the molecule is CC(C)(C)c1ccc(S(=O)(=O)NCc2ccc(CN3CCOCC3)cc2)cc1. The molecule has 1 heterocycles. The van der Waals surface area contributed by atoms with Crippen molar-refractivity contribution in [3.05, 3.63) is 65.2 Å². The van der Waals surface area contributed by atoms with E-state index in [-0.39, 0.29) is 12.0 Å². The van der Waals surface area contributed by atoms with Crippen molar-refractivity contribution in [1.29, 1.82) is 0 Å². The lowest BCUT2D eigenvalue weighted by molar-refractivity contribution is 0.0342. The summed E-state index contributed by atoms with van der Waals surface area (Å²) >= 11 is 0. The lowest BCUT2D eigenvalue weighted by Gasteiger charge is -2.26. The van der Waals surface area contributed by atoms with Crippen LogP contribution in [0.5, 0.6) is 0 Å². The number of nitrogens with zero attached hydrogens (tertiary/aromatic N) is 1. The highest BCUT2D eigenvalue weighted by Crippen LogP contribution is 2.23. The van der Waals surface area contributed by atoms with Crippen LogP contribution < -0.4 is 4.72 Å². The van der Waals surface area contributed by atoms with Crippen molar-refractivity contribution in [2.24, 2.45) is 0 Å². The molecule has 0 aromatic heterocycles. The van der Waals surface area contributed by atoms with E-state index in [2.05, 4.69) is 42.5 Å². The summed E-state index contributed by atoms with van der Waals surface area (Å²) in [5.74, 6) is 0. The molecule has 0 radical (unpaired) electrons. The van der Waals surface area contributed by atoms with Gasteiger partial charge in [-0.25, -0.2) is 13.1 Å². The molecule has 152 valence electrons. The molecule has 6 heteroatoms. The highest BCUT2D eigenvalue weighted by atomic mass is 32.2. The molecule has 1 saturated heterocycles. The van der Waals surface area contributed by atoms with Gasteiger partial charge in [0.25, 0.3) is 0 Å². The number of benzene rings is 2. The van der Waals surface area contributed by atoms with Crippen LogP contribution in [0.4, 0.5) is 0 Å². The van der Waals surface area contributed by atoms with Crippen LogP contribution in [0.15, 0.2) is 53.4 Å². The number of rotatable bonds is 6. The second-order valence-electron chi connectivity index (χ2n) is 8.30. The molecule has 3 rings (SSSR count). The minimum absolute atomic E-state index is 0.00130. The van der Waals surface area contributed by atoms with Crippen molar-refractivity contribution < 1.29 is 13.2 Å². The van der Waals surface area contributed by atoms with Crippen LogP contribution in [0.3, 0.4) is 0 Å². The molecular weight excluding hydrogens is 372 g/mol. The fourth-order valence-electron chi connectivity index (χ4n) is 3.18. The number of ether oxygens (including phenoxy) is 1. The Bertz CT molecular complexity index is 863. The van der Waals surface area contributed by atoms with Crippen LogP contribution in [-0.4, -0.2) is 39.6 Å². The summed E-state index contributed by atoms with van der Waals surface area (Å²) in [6.45, 7) is 11.0. The Morgan fingerprint density at radius 1 is 0.929 bits per heavy atom. The first-order valence-electron chi connectivity index (χ1n) is 9.72. The predicted octanol–water partition coefficient (Wildman–Crippen LogP) is 3.29. The van der Waals surface area contributed by atoms with E-state index in [9.17, 15) is 8.42 Å². The van der Waals surface area contributed by atoms with Crippen LogP contribution in [0.25, 0.3) is 0 Å². The molecule has 0 aliphatic carbocycles. The molecule has 0 unspecified atom stereocenters. The van der Waals surface area contributed by atoms with Gasteiger partial charge in [-0.05, 0) is 34.2 Å². The van der Waals surface area contributed by atoms with Gasteiger partial charge in [0.15, 0.2) is 0 Å². The monoisotopic (exact) mass is 402 g/mol. The zero-order chi connectivity index (χ0) is 20.2. The third-order valence-electron chi connectivity index (χ3n) is 5.03. The summed E-state index contributed by atoms with van der Waals surface area (Å²) in [4.78, 5) is 2.66. The van der Waals surface area contributed by atoms with E-state index in [1.54, 1.807) is 12.1 Å². The van der Waals surface area contributed by atoms with Crippen LogP contribution >= 0.6 is 0 Å². The summed E-state index contributed by atoms with van der Waals surface area (Å²) in [7, 11) is -3.53. The highest BCUT2D eigenvalue weighted by molar-refractivity contribution is 7.89. The number of hydrogen-bond donors (Lipinski definition) is 1. The van der Waals surface area contributed by atoms with E-state index < -0.39 is 10.0 Å². The molecule has 2 aromatic carbocycles. The minimum Gasteiger partial charge on any atom is -0.379 e. The van der Waals surface area contributed by atoms with Gasteiger partial charge in [0.2, 0.25) is 10.0 Å². The molecule has 28 heavy (non-hydrogen) atoms. The first-order valence-corrected chi connectivity index (χ1v) is 11.2. The van der Waals surface area contributed by atoms with E-state index in [0.717, 1.165) is 44.0 Å². The van der Waals surface area contributed by atoms with Crippen molar-refractivity contribution >= 4 is 10.0 Å². The van der Waals surface area contributed by atoms with Crippen molar-refractivity contribution in [3.8, 4) is 0 Å². The Hall–Kier alpha value is -1.73. The lowest BCUT2D eigenvalue weighted by Crippen LogP contribution is -2.35. The summed E-state index contributed by atoms with van der Waals surface area (Å²) < 4.78 is 33.2.